The van der Waals surface area contributed by atoms with Crippen LogP contribution >= 0.6 is 11.3 Å². The monoisotopic (exact) mass is 544 g/mol. The molecule has 0 bridgehead atoms. The number of amides is 1. The Balaban J connectivity index is 1.54. The van der Waals surface area contributed by atoms with Gasteiger partial charge in [0.2, 0.25) is 10.0 Å². The maximum absolute atomic E-state index is 13.7. The number of hydrogen-bond donors (Lipinski definition) is 0. The zero-order valence-electron chi connectivity index (χ0n) is 21.6. The molecule has 1 fully saturated rings. The van der Waals surface area contributed by atoms with E-state index in [-0.39, 0.29) is 10.8 Å². The van der Waals surface area contributed by atoms with E-state index in [0.29, 0.717) is 30.3 Å². The lowest BCUT2D eigenvalue weighted by molar-refractivity contribution is 0.0376. The Morgan fingerprint density at radius 2 is 1.76 bits per heavy atom. The quantitative estimate of drug-likeness (QED) is 0.335. The number of rotatable bonds is 12. The van der Waals surface area contributed by atoms with Crippen molar-refractivity contribution in [3.05, 3.63) is 54.1 Å². The number of morpholine rings is 1. The fourth-order valence-corrected chi connectivity index (χ4v) is 6.87. The summed E-state index contributed by atoms with van der Waals surface area (Å²) in [5.74, 6) is -0.177. The number of aromatic nitrogens is 1. The summed E-state index contributed by atoms with van der Waals surface area (Å²) in [7, 11) is -3.60. The Hall–Kier alpha value is -2.37. The number of nitrogens with zero attached hydrogens (tertiary/aromatic N) is 4. The smallest absolute Gasteiger partial charge is 0.260 e. The molecule has 37 heavy (non-hydrogen) atoms. The topological polar surface area (TPSA) is 83.1 Å². The van der Waals surface area contributed by atoms with E-state index in [1.807, 2.05) is 38.1 Å². The molecule has 3 aromatic rings. The van der Waals surface area contributed by atoms with Crippen molar-refractivity contribution in [2.45, 2.75) is 38.0 Å². The van der Waals surface area contributed by atoms with Gasteiger partial charge in [-0.15, -0.1) is 0 Å². The third-order valence-electron chi connectivity index (χ3n) is 6.57. The summed E-state index contributed by atoms with van der Waals surface area (Å²) in [5.41, 5.74) is 1.31. The number of carbonyl (C=O) groups excluding carboxylic acids is 1. The van der Waals surface area contributed by atoms with E-state index in [4.69, 9.17) is 9.72 Å². The van der Waals surface area contributed by atoms with Crippen molar-refractivity contribution in [1.82, 2.24) is 14.2 Å². The molecule has 0 spiro atoms. The lowest BCUT2D eigenvalue weighted by atomic mass is 10.2. The SMILES string of the molecule is CCCCN(CC)S(=O)(=O)c1ccc(C(=O)N(CCCN2CCOCC2)c2nc3ccccc3s2)cc1. The van der Waals surface area contributed by atoms with Crippen LogP contribution in [0.2, 0.25) is 0 Å². The molecule has 1 aliphatic rings. The normalized spacial score (nSPS) is 14.9. The lowest BCUT2D eigenvalue weighted by Crippen LogP contribution is -2.39. The number of anilines is 1. The van der Waals surface area contributed by atoms with E-state index >= 15 is 0 Å². The summed E-state index contributed by atoms with van der Waals surface area (Å²) in [4.78, 5) is 22.7. The number of ether oxygens (including phenoxy) is 1. The molecule has 200 valence electrons. The highest BCUT2D eigenvalue weighted by atomic mass is 32.2. The van der Waals surface area contributed by atoms with Crippen LogP contribution in [-0.4, -0.2) is 81.0 Å². The molecule has 0 radical (unpaired) electrons. The highest BCUT2D eigenvalue weighted by Crippen LogP contribution is 2.30. The molecule has 1 amide bonds. The Morgan fingerprint density at radius 3 is 2.43 bits per heavy atom. The van der Waals surface area contributed by atoms with Gasteiger partial charge in [0.25, 0.3) is 5.91 Å². The number of para-hydroxylation sites is 1. The van der Waals surface area contributed by atoms with Crippen LogP contribution in [0, 0.1) is 0 Å². The van der Waals surface area contributed by atoms with Crippen LogP contribution in [0.15, 0.2) is 53.4 Å². The number of hydrogen-bond acceptors (Lipinski definition) is 7. The van der Waals surface area contributed by atoms with Crippen LogP contribution in [-0.2, 0) is 14.8 Å². The summed E-state index contributed by atoms with van der Waals surface area (Å²) in [6.07, 6.45) is 2.54. The van der Waals surface area contributed by atoms with Gasteiger partial charge in [-0.25, -0.2) is 13.4 Å². The van der Waals surface area contributed by atoms with Crippen LogP contribution in [0.1, 0.15) is 43.5 Å². The minimum absolute atomic E-state index is 0.177. The third-order valence-corrected chi connectivity index (χ3v) is 9.62. The molecular weight excluding hydrogens is 508 g/mol. The van der Waals surface area contributed by atoms with E-state index in [1.54, 1.807) is 29.2 Å². The summed E-state index contributed by atoms with van der Waals surface area (Å²) >= 11 is 1.49. The minimum Gasteiger partial charge on any atom is -0.379 e. The van der Waals surface area contributed by atoms with Gasteiger partial charge < -0.3 is 4.74 Å². The molecule has 4 rings (SSSR count). The van der Waals surface area contributed by atoms with Gasteiger partial charge in [0.1, 0.15) is 0 Å². The summed E-state index contributed by atoms with van der Waals surface area (Å²) < 4.78 is 34.2. The number of benzene rings is 2. The van der Waals surface area contributed by atoms with Gasteiger partial charge in [0, 0.05) is 44.8 Å². The van der Waals surface area contributed by atoms with Crippen LogP contribution in [0.5, 0.6) is 0 Å². The standard InChI is InChI=1S/C27H36N4O4S2/c1-3-5-16-30(4-2)37(33,34)23-13-11-22(12-14-23)26(32)31(17-8-15-29-18-20-35-21-19-29)27-28-24-9-6-7-10-25(24)36-27/h6-7,9-14H,3-5,8,15-21H2,1-2H3. The number of thiazole rings is 1. The van der Waals surface area contributed by atoms with E-state index in [0.717, 1.165) is 62.3 Å². The first-order chi connectivity index (χ1) is 17.9. The molecule has 8 nitrogen and oxygen atoms in total. The Labute approximate surface area is 223 Å². The minimum atomic E-state index is -3.60. The number of sulfonamides is 1. The number of unbranched alkanes of at least 4 members (excludes halogenated alkanes) is 1. The van der Waals surface area contributed by atoms with Crippen LogP contribution in [0.4, 0.5) is 5.13 Å². The van der Waals surface area contributed by atoms with Crippen molar-refractivity contribution in [2.75, 3.05) is 57.4 Å². The molecule has 1 saturated heterocycles. The zero-order valence-corrected chi connectivity index (χ0v) is 23.3. The van der Waals surface area contributed by atoms with Gasteiger partial charge in [-0.05, 0) is 49.2 Å². The van der Waals surface area contributed by atoms with Gasteiger partial charge in [-0.1, -0.05) is 43.7 Å². The molecule has 0 N–H and O–H groups in total. The van der Waals surface area contributed by atoms with E-state index in [9.17, 15) is 13.2 Å². The highest BCUT2D eigenvalue weighted by Gasteiger charge is 2.25. The van der Waals surface area contributed by atoms with Crippen molar-refractivity contribution in [1.29, 1.82) is 0 Å². The van der Waals surface area contributed by atoms with E-state index in [2.05, 4.69) is 4.90 Å². The number of fused-ring (bicyclic) bond motifs is 1. The lowest BCUT2D eigenvalue weighted by Gasteiger charge is -2.27. The van der Waals surface area contributed by atoms with Crippen LogP contribution in [0.25, 0.3) is 10.2 Å². The predicted octanol–water partition coefficient (Wildman–Crippen LogP) is 4.48. The largest absolute Gasteiger partial charge is 0.379 e. The van der Waals surface area contributed by atoms with Crippen molar-refractivity contribution in [3.63, 3.8) is 0 Å². The molecule has 0 unspecified atom stereocenters. The van der Waals surface area contributed by atoms with Crippen molar-refractivity contribution in [2.24, 2.45) is 0 Å². The van der Waals surface area contributed by atoms with Crippen molar-refractivity contribution >= 4 is 42.6 Å². The predicted molar refractivity (Wildman–Crippen MR) is 149 cm³/mol. The van der Waals surface area contributed by atoms with Gasteiger partial charge in [0.05, 0.1) is 28.3 Å². The molecule has 0 atom stereocenters. The maximum Gasteiger partial charge on any atom is 0.260 e. The highest BCUT2D eigenvalue weighted by molar-refractivity contribution is 7.89. The average Bonchev–Trinajstić information content (AvgIpc) is 3.36. The molecule has 0 saturated carbocycles. The first-order valence-electron chi connectivity index (χ1n) is 13.0. The van der Waals surface area contributed by atoms with Gasteiger partial charge >= 0.3 is 0 Å². The molecule has 10 heteroatoms. The molecule has 0 aliphatic carbocycles. The van der Waals surface area contributed by atoms with Gasteiger partial charge in [-0.2, -0.15) is 4.31 Å². The molecule has 1 aliphatic heterocycles. The Morgan fingerprint density at radius 1 is 1.03 bits per heavy atom. The second kappa shape index (κ2) is 12.9. The first kappa shape index (κ1) is 27.7. The Bertz CT molecular complexity index is 1240. The molecule has 2 aromatic carbocycles. The second-order valence-corrected chi connectivity index (χ2v) is 12.1. The fraction of sp³-hybridized carbons (Fsp3) is 0.481. The van der Waals surface area contributed by atoms with Crippen molar-refractivity contribution in [3.8, 4) is 0 Å². The van der Waals surface area contributed by atoms with Gasteiger partial charge in [0.15, 0.2) is 5.13 Å². The third kappa shape index (κ3) is 6.74. The van der Waals surface area contributed by atoms with E-state index in [1.165, 1.54) is 15.6 Å². The summed E-state index contributed by atoms with van der Waals surface area (Å²) in [5, 5.41) is 0.654. The zero-order chi connectivity index (χ0) is 26.3. The van der Waals surface area contributed by atoms with E-state index < -0.39 is 10.0 Å². The molecule has 1 aromatic heterocycles. The Kier molecular flexibility index (Phi) is 9.66. The fourth-order valence-electron chi connectivity index (χ4n) is 4.39. The van der Waals surface area contributed by atoms with Gasteiger partial charge in [-0.3, -0.25) is 14.6 Å². The summed E-state index contributed by atoms with van der Waals surface area (Å²) in [6, 6.07) is 14.2. The average molecular weight is 545 g/mol. The molecule has 2 heterocycles. The maximum atomic E-state index is 13.7. The van der Waals surface area contributed by atoms with Crippen LogP contribution in [0.3, 0.4) is 0 Å². The van der Waals surface area contributed by atoms with Crippen molar-refractivity contribution < 1.29 is 17.9 Å². The molecular formula is C27H36N4O4S2. The number of carbonyl (C=O) groups is 1. The second-order valence-electron chi connectivity index (χ2n) is 9.10. The summed E-state index contributed by atoms with van der Waals surface area (Å²) in [6.45, 7) is 9.47. The first-order valence-corrected chi connectivity index (χ1v) is 15.3. The van der Waals surface area contributed by atoms with Crippen LogP contribution < -0.4 is 4.90 Å².